The molecule has 0 atom stereocenters. The Kier molecular flexibility index (Phi) is 5.90. The van der Waals surface area contributed by atoms with Crippen molar-refractivity contribution >= 4 is 17.9 Å². The van der Waals surface area contributed by atoms with Crippen LogP contribution in [0.5, 0.6) is 11.5 Å². The lowest BCUT2D eigenvalue weighted by molar-refractivity contribution is -0.123. The van der Waals surface area contributed by atoms with Crippen LogP contribution in [-0.2, 0) is 9.53 Å². The third kappa shape index (κ3) is 5.13. The van der Waals surface area contributed by atoms with Gasteiger partial charge in [-0.3, -0.25) is 10.1 Å². The lowest BCUT2D eigenvalue weighted by Gasteiger charge is -2.08. The van der Waals surface area contributed by atoms with E-state index >= 15 is 0 Å². The van der Waals surface area contributed by atoms with Gasteiger partial charge in [0.25, 0.3) is 5.91 Å². The summed E-state index contributed by atoms with van der Waals surface area (Å²) in [7, 11) is 1.37. The highest BCUT2D eigenvalue weighted by molar-refractivity contribution is 5.97. The van der Waals surface area contributed by atoms with Crippen LogP contribution in [0.2, 0.25) is 0 Å². The molecule has 0 aliphatic carbocycles. The first kappa shape index (κ1) is 17.0. The predicted molar refractivity (Wildman–Crippen MR) is 85.8 cm³/mol. The number of amides is 3. The van der Waals surface area contributed by atoms with E-state index < -0.39 is 24.5 Å². The number of carbonyl (C=O) groups is 3. The fourth-order valence-corrected chi connectivity index (χ4v) is 1.75. The van der Waals surface area contributed by atoms with E-state index in [1.807, 2.05) is 23.5 Å². The van der Waals surface area contributed by atoms with Gasteiger partial charge >= 0.3 is 12.0 Å². The molecule has 2 rings (SSSR count). The van der Waals surface area contributed by atoms with Gasteiger partial charge in [0.2, 0.25) is 0 Å². The lowest BCUT2D eigenvalue weighted by Crippen LogP contribution is -2.39. The SMILES string of the molecule is CNC(=O)NC(=O)COC(=O)c1cccc(Oc2ccccc2)c1. The normalized spacial score (nSPS) is 9.71. The highest BCUT2D eigenvalue weighted by atomic mass is 16.5. The van der Waals surface area contributed by atoms with Crippen molar-refractivity contribution in [1.29, 1.82) is 0 Å². The number of imide groups is 1. The highest BCUT2D eigenvalue weighted by Crippen LogP contribution is 2.22. The van der Waals surface area contributed by atoms with Crippen LogP contribution in [0.4, 0.5) is 4.79 Å². The molecule has 0 unspecified atom stereocenters. The molecule has 7 nitrogen and oxygen atoms in total. The van der Waals surface area contributed by atoms with Crippen molar-refractivity contribution in [2.45, 2.75) is 0 Å². The fourth-order valence-electron chi connectivity index (χ4n) is 1.75. The molecule has 0 saturated heterocycles. The summed E-state index contributed by atoms with van der Waals surface area (Å²) in [5.74, 6) is -0.321. The first-order valence-corrected chi connectivity index (χ1v) is 7.10. The van der Waals surface area contributed by atoms with Crippen molar-refractivity contribution in [3.8, 4) is 11.5 Å². The third-order valence-corrected chi connectivity index (χ3v) is 2.86. The van der Waals surface area contributed by atoms with Crippen molar-refractivity contribution in [3.05, 3.63) is 60.2 Å². The smallest absolute Gasteiger partial charge is 0.338 e. The standard InChI is InChI=1S/C17H16N2O5/c1-18-17(22)19-15(20)11-23-16(21)12-6-5-9-14(10-12)24-13-7-3-2-4-8-13/h2-10H,11H2,1H3,(H2,18,19,20,22). The van der Waals surface area contributed by atoms with Gasteiger partial charge in [-0.05, 0) is 30.3 Å². The number of rotatable bonds is 5. The molecule has 0 fully saturated rings. The molecule has 7 heteroatoms. The summed E-state index contributed by atoms with van der Waals surface area (Å²) in [6.07, 6.45) is 0. The monoisotopic (exact) mass is 328 g/mol. The van der Waals surface area contributed by atoms with E-state index in [4.69, 9.17) is 9.47 Å². The number of esters is 1. The van der Waals surface area contributed by atoms with E-state index in [1.54, 1.807) is 24.3 Å². The van der Waals surface area contributed by atoms with Crippen LogP contribution in [0.3, 0.4) is 0 Å². The second-order valence-electron chi connectivity index (χ2n) is 4.65. The van der Waals surface area contributed by atoms with Gasteiger partial charge in [0, 0.05) is 7.05 Å². The zero-order valence-corrected chi connectivity index (χ0v) is 12.9. The Labute approximate surface area is 138 Å². The van der Waals surface area contributed by atoms with Crippen molar-refractivity contribution in [3.63, 3.8) is 0 Å². The van der Waals surface area contributed by atoms with Crippen molar-refractivity contribution in [2.75, 3.05) is 13.7 Å². The van der Waals surface area contributed by atoms with Crippen LogP contribution >= 0.6 is 0 Å². The second kappa shape index (κ2) is 8.33. The number of ether oxygens (including phenoxy) is 2. The number of benzene rings is 2. The molecule has 0 spiro atoms. The third-order valence-electron chi connectivity index (χ3n) is 2.86. The van der Waals surface area contributed by atoms with Gasteiger partial charge in [-0.1, -0.05) is 24.3 Å². The maximum Gasteiger partial charge on any atom is 0.338 e. The Balaban J connectivity index is 1.94. The second-order valence-corrected chi connectivity index (χ2v) is 4.65. The molecule has 0 aromatic heterocycles. The van der Waals surface area contributed by atoms with Gasteiger partial charge in [0.1, 0.15) is 11.5 Å². The Hall–Kier alpha value is -3.35. The molecule has 2 N–H and O–H groups in total. The van der Waals surface area contributed by atoms with Gasteiger partial charge in [-0.2, -0.15) is 0 Å². The Morgan fingerprint density at radius 2 is 1.67 bits per heavy atom. The van der Waals surface area contributed by atoms with E-state index in [-0.39, 0.29) is 5.56 Å². The van der Waals surface area contributed by atoms with Gasteiger partial charge in [0.15, 0.2) is 6.61 Å². The summed E-state index contributed by atoms with van der Waals surface area (Å²) in [4.78, 5) is 34.3. The van der Waals surface area contributed by atoms with Crippen molar-refractivity contribution in [2.24, 2.45) is 0 Å². The Bertz CT molecular complexity index is 731. The average Bonchev–Trinajstić information content (AvgIpc) is 2.60. The maximum atomic E-state index is 12.0. The number of para-hydroxylation sites is 1. The van der Waals surface area contributed by atoms with Gasteiger partial charge in [-0.15, -0.1) is 0 Å². The molecule has 0 heterocycles. The first-order valence-electron chi connectivity index (χ1n) is 7.10. The van der Waals surface area contributed by atoms with Crippen LogP contribution in [0.15, 0.2) is 54.6 Å². The van der Waals surface area contributed by atoms with Crippen molar-refractivity contribution < 1.29 is 23.9 Å². The summed E-state index contributed by atoms with van der Waals surface area (Å²) in [5.41, 5.74) is 0.233. The zero-order valence-electron chi connectivity index (χ0n) is 12.9. The average molecular weight is 328 g/mol. The molecule has 0 bridgehead atoms. The van der Waals surface area contributed by atoms with Crippen LogP contribution < -0.4 is 15.4 Å². The molecule has 0 radical (unpaired) electrons. The van der Waals surface area contributed by atoms with Gasteiger partial charge in [-0.25, -0.2) is 9.59 Å². The fraction of sp³-hybridized carbons (Fsp3) is 0.118. The Morgan fingerprint density at radius 3 is 2.38 bits per heavy atom. The number of urea groups is 1. The van der Waals surface area contributed by atoms with Crippen LogP contribution in [0.25, 0.3) is 0 Å². The molecule has 2 aromatic carbocycles. The molecular formula is C17H16N2O5. The van der Waals surface area contributed by atoms with Crippen LogP contribution in [0, 0.1) is 0 Å². The van der Waals surface area contributed by atoms with Crippen LogP contribution in [-0.4, -0.2) is 31.6 Å². The summed E-state index contributed by atoms with van der Waals surface area (Å²) in [6.45, 7) is -0.560. The topological polar surface area (TPSA) is 93.7 Å². The number of nitrogens with one attached hydrogen (secondary N) is 2. The molecule has 24 heavy (non-hydrogen) atoms. The van der Waals surface area contributed by atoms with Crippen LogP contribution in [0.1, 0.15) is 10.4 Å². The van der Waals surface area contributed by atoms with E-state index in [9.17, 15) is 14.4 Å². The summed E-state index contributed by atoms with van der Waals surface area (Å²) < 4.78 is 10.5. The lowest BCUT2D eigenvalue weighted by atomic mass is 10.2. The van der Waals surface area contributed by atoms with E-state index in [1.165, 1.54) is 19.2 Å². The van der Waals surface area contributed by atoms with Crippen molar-refractivity contribution in [1.82, 2.24) is 10.6 Å². The van der Waals surface area contributed by atoms with Gasteiger partial charge < -0.3 is 14.8 Å². The predicted octanol–water partition coefficient (Wildman–Crippen LogP) is 2.09. The number of hydrogen-bond donors (Lipinski definition) is 2. The molecule has 0 saturated carbocycles. The number of hydrogen-bond acceptors (Lipinski definition) is 5. The molecule has 124 valence electrons. The quantitative estimate of drug-likeness (QED) is 0.820. The molecule has 0 aliphatic rings. The summed E-state index contributed by atoms with van der Waals surface area (Å²) in [5, 5.41) is 4.21. The minimum atomic E-state index is -0.723. The van der Waals surface area contributed by atoms with Gasteiger partial charge in [0.05, 0.1) is 5.56 Å². The minimum Gasteiger partial charge on any atom is -0.457 e. The van der Waals surface area contributed by atoms with E-state index in [0.717, 1.165) is 0 Å². The summed E-state index contributed by atoms with van der Waals surface area (Å²) >= 11 is 0. The maximum absolute atomic E-state index is 12.0. The minimum absolute atomic E-state index is 0.233. The molecule has 0 aliphatic heterocycles. The first-order chi connectivity index (χ1) is 11.6. The molecule has 2 aromatic rings. The summed E-state index contributed by atoms with van der Waals surface area (Å²) in [6, 6.07) is 14.8. The highest BCUT2D eigenvalue weighted by Gasteiger charge is 2.12. The van der Waals surface area contributed by atoms with E-state index in [2.05, 4.69) is 5.32 Å². The number of carbonyl (C=O) groups excluding carboxylic acids is 3. The van der Waals surface area contributed by atoms with E-state index in [0.29, 0.717) is 11.5 Å². The molecule has 3 amide bonds. The zero-order chi connectivity index (χ0) is 17.4. The molecular weight excluding hydrogens is 312 g/mol. The Morgan fingerprint density at radius 1 is 0.958 bits per heavy atom. The largest absolute Gasteiger partial charge is 0.457 e.